The number of rotatable bonds is 3. The molecule has 2 N–H and O–H groups in total. The molecule has 1 saturated heterocycles. The smallest absolute Gasteiger partial charge is 0.359 e. The Kier molecular flexibility index (Phi) is 3.29. The van der Waals surface area contributed by atoms with E-state index in [1.165, 1.54) is 0 Å². The Labute approximate surface area is 94.4 Å². The van der Waals surface area contributed by atoms with Crippen molar-refractivity contribution in [3.05, 3.63) is 5.82 Å². The lowest BCUT2D eigenvalue weighted by Crippen LogP contribution is -2.29. The zero-order chi connectivity index (χ0) is 11.6. The number of hydrogen-bond acceptors (Lipinski definition) is 5. The Bertz CT molecular complexity index is 345. The fourth-order valence-electron chi connectivity index (χ4n) is 1.55. The summed E-state index contributed by atoms with van der Waals surface area (Å²) >= 11 is 0.740. The van der Waals surface area contributed by atoms with E-state index in [1.54, 1.807) is 0 Å². The zero-order valence-electron chi connectivity index (χ0n) is 8.34. The van der Waals surface area contributed by atoms with E-state index in [0.29, 0.717) is 12.6 Å². The van der Waals surface area contributed by atoms with E-state index < -0.39 is 12.0 Å². The van der Waals surface area contributed by atoms with Gasteiger partial charge in [0.15, 0.2) is 0 Å². The summed E-state index contributed by atoms with van der Waals surface area (Å²) in [6.07, 6.45) is -2.31. The second-order valence-corrected chi connectivity index (χ2v) is 4.35. The molecule has 1 aliphatic rings. The maximum absolute atomic E-state index is 12.2. The van der Waals surface area contributed by atoms with Crippen LogP contribution in [0, 0.1) is 0 Å². The van der Waals surface area contributed by atoms with Gasteiger partial charge in [0.25, 0.3) is 0 Å². The van der Waals surface area contributed by atoms with E-state index in [-0.39, 0.29) is 5.13 Å². The Morgan fingerprint density at radius 2 is 2.31 bits per heavy atom. The van der Waals surface area contributed by atoms with Gasteiger partial charge in [-0.1, -0.05) is 0 Å². The number of aromatic nitrogens is 2. The van der Waals surface area contributed by atoms with Crippen molar-refractivity contribution in [2.75, 3.05) is 18.4 Å². The highest BCUT2D eigenvalue weighted by molar-refractivity contribution is 7.09. The van der Waals surface area contributed by atoms with Crippen molar-refractivity contribution in [1.82, 2.24) is 14.7 Å². The molecule has 2 heterocycles. The Morgan fingerprint density at radius 3 is 2.88 bits per heavy atom. The summed E-state index contributed by atoms with van der Waals surface area (Å²) in [5.41, 5.74) is 0. The van der Waals surface area contributed by atoms with Crippen LogP contribution in [0.4, 0.5) is 18.3 Å². The number of nitrogens with one attached hydrogen (secondary N) is 2. The minimum atomic E-state index is -4.46. The normalized spacial score (nSPS) is 21.3. The van der Waals surface area contributed by atoms with Crippen LogP contribution in [0.2, 0.25) is 0 Å². The molecule has 0 aromatic carbocycles. The van der Waals surface area contributed by atoms with Gasteiger partial charge in [0, 0.05) is 24.1 Å². The van der Waals surface area contributed by atoms with Crippen LogP contribution in [0.15, 0.2) is 0 Å². The van der Waals surface area contributed by atoms with Gasteiger partial charge >= 0.3 is 6.18 Å². The quantitative estimate of drug-likeness (QED) is 0.860. The zero-order valence-corrected chi connectivity index (χ0v) is 9.16. The largest absolute Gasteiger partial charge is 0.452 e. The van der Waals surface area contributed by atoms with Crippen molar-refractivity contribution in [2.45, 2.75) is 25.1 Å². The van der Waals surface area contributed by atoms with Gasteiger partial charge in [0.05, 0.1) is 0 Å². The first-order valence-corrected chi connectivity index (χ1v) is 5.71. The molecule has 1 fully saturated rings. The average molecular weight is 252 g/mol. The Balaban J connectivity index is 1.87. The van der Waals surface area contributed by atoms with E-state index >= 15 is 0 Å². The Hall–Kier alpha value is -0.890. The average Bonchev–Trinajstić information content (AvgIpc) is 2.85. The van der Waals surface area contributed by atoms with E-state index in [1.807, 2.05) is 0 Å². The highest BCUT2D eigenvalue weighted by atomic mass is 32.1. The van der Waals surface area contributed by atoms with Gasteiger partial charge in [-0.3, -0.25) is 0 Å². The molecular weight excluding hydrogens is 241 g/mol. The summed E-state index contributed by atoms with van der Waals surface area (Å²) in [5.74, 6) is -1.07. The summed E-state index contributed by atoms with van der Waals surface area (Å²) < 4.78 is 39.8. The fraction of sp³-hybridized carbons (Fsp3) is 0.750. The summed E-state index contributed by atoms with van der Waals surface area (Å²) in [5, 5.41) is 6.32. The Morgan fingerprint density at radius 1 is 1.50 bits per heavy atom. The van der Waals surface area contributed by atoms with Gasteiger partial charge in [-0.05, 0) is 19.4 Å². The van der Waals surface area contributed by atoms with Crippen LogP contribution in [0.3, 0.4) is 0 Å². The number of anilines is 1. The predicted molar refractivity (Wildman–Crippen MR) is 54.4 cm³/mol. The number of alkyl halides is 3. The first-order valence-electron chi connectivity index (χ1n) is 4.94. The van der Waals surface area contributed by atoms with E-state index in [9.17, 15) is 13.2 Å². The van der Waals surface area contributed by atoms with Crippen molar-refractivity contribution in [2.24, 2.45) is 0 Å². The molecule has 4 nitrogen and oxygen atoms in total. The molecule has 2 rings (SSSR count). The van der Waals surface area contributed by atoms with Crippen LogP contribution in [-0.2, 0) is 6.18 Å². The van der Waals surface area contributed by atoms with Crippen LogP contribution >= 0.6 is 11.5 Å². The molecule has 8 heteroatoms. The second kappa shape index (κ2) is 4.54. The SMILES string of the molecule is FC(F)(F)c1nsc(NCC2CCCN2)n1. The molecule has 16 heavy (non-hydrogen) atoms. The van der Waals surface area contributed by atoms with Gasteiger partial charge in [-0.15, -0.1) is 0 Å². The monoisotopic (exact) mass is 252 g/mol. The maximum Gasteiger partial charge on any atom is 0.452 e. The highest BCUT2D eigenvalue weighted by Gasteiger charge is 2.36. The second-order valence-electron chi connectivity index (χ2n) is 3.60. The molecule has 0 saturated carbocycles. The third-order valence-electron chi connectivity index (χ3n) is 2.34. The molecule has 1 aliphatic heterocycles. The molecule has 0 amide bonds. The summed E-state index contributed by atoms with van der Waals surface area (Å²) in [7, 11) is 0. The topological polar surface area (TPSA) is 49.8 Å². The minimum absolute atomic E-state index is 0.223. The number of hydrogen-bond donors (Lipinski definition) is 2. The predicted octanol–water partition coefficient (Wildman–Crippen LogP) is 1.72. The van der Waals surface area contributed by atoms with Crippen molar-refractivity contribution in [3.63, 3.8) is 0 Å². The minimum Gasteiger partial charge on any atom is -0.359 e. The molecule has 1 unspecified atom stereocenters. The third kappa shape index (κ3) is 2.82. The number of halogens is 3. The molecule has 0 aliphatic carbocycles. The van der Waals surface area contributed by atoms with Gasteiger partial charge in [-0.25, -0.2) is 0 Å². The molecule has 0 bridgehead atoms. The summed E-state index contributed by atoms with van der Waals surface area (Å²) in [6.45, 7) is 1.56. The third-order valence-corrected chi connectivity index (χ3v) is 3.01. The standard InChI is InChI=1S/C8H11F3N4S/c9-8(10,11)6-14-7(16-15-6)13-4-5-2-1-3-12-5/h5,12H,1-4H2,(H,13,14,15). The molecule has 0 radical (unpaired) electrons. The molecule has 1 atom stereocenters. The van der Waals surface area contributed by atoms with Gasteiger partial charge in [-0.2, -0.15) is 22.5 Å². The highest BCUT2D eigenvalue weighted by Crippen LogP contribution is 2.28. The number of nitrogens with zero attached hydrogens (tertiary/aromatic N) is 2. The summed E-state index contributed by atoms with van der Waals surface area (Å²) in [4.78, 5) is 3.39. The van der Waals surface area contributed by atoms with Crippen LogP contribution in [0.25, 0.3) is 0 Å². The van der Waals surface area contributed by atoms with Crippen molar-refractivity contribution in [1.29, 1.82) is 0 Å². The van der Waals surface area contributed by atoms with E-state index in [0.717, 1.165) is 30.9 Å². The first kappa shape index (κ1) is 11.6. The molecule has 0 spiro atoms. The van der Waals surface area contributed by atoms with Crippen LogP contribution in [-0.4, -0.2) is 28.5 Å². The fourth-order valence-corrected chi connectivity index (χ4v) is 2.14. The molecule has 1 aromatic rings. The lowest BCUT2D eigenvalue weighted by atomic mass is 10.2. The van der Waals surface area contributed by atoms with Crippen LogP contribution in [0.5, 0.6) is 0 Å². The van der Waals surface area contributed by atoms with E-state index in [2.05, 4.69) is 20.0 Å². The molecule has 90 valence electrons. The molecule has 1 aromatic heterocycles. The van der Waals surface area contributed by atoms with Crippen molar-refractivity contribution in [3.8, 4) is 0 Å². The van der Waals surface area contributed by atoms with Crippen LogP contribution in [0.1, 0.15) is 18.7 Å². The van der Waals surface area contributed by atoms with E-state index in [4.69, 9.17) is 0 Å². The maximum atomic E-state index is 12.2. The molecular formula is C8H11F3N4S. The first-order chi connectivity index (χ1) is 7.55. The van der Waals surface area contributed by atoms with Gasteiger partial charge < -0.3 is 10.6 Å². The lowest BCUT2D eigenvalue weighted by molar-refractivity contribution is -0.144. The lowest BCUT2D eigenvalue weighted by Gasteiger charge is -2.09. The van der Waals surface area contributed by atoms with Crippen molar-refractivity contribution < 1.29 is 13.2 Å². The van der Waals surface area contributed by atoms with Crippen LogP contribution < -0.4 is 10.6 Å². The summed E-state index contributed by atoms with van der Waals surface area (Å²) in [6, 6.07) is 0.318. The van der Waals surface area contributed by atoms with Gasteiger partial charge in [0.1, 0.15) is 0 Å². The van der Waals surface area contributed by atoms with Gasteiger partial charge in [0.2, 0.25) is 11.0 Å². The van der Waals surface area contributed by atoms with Crippen molar-refractivity contribution >= 4 is 16.7 Å².